The van der Waals surface area contributed by atoms with Crippen LogP contribution in [-0.4, -0.2) is 52.5 Å². The van der Waals surface area contributed by atoms with E-state index in [-0.39, 0.29) is 22.8 Å². The van der Waals surface area contributed by atoms with Gasteiger partial charge in [-0.15, -0.1) is 0 Å². The number of rotatable bonds is 8. The third-order valence-electron chi connectivity index (χ3n) is 3.36. The Balaban J connectivity index is 2.27. The first-order valence-corrected chi connectivity index (χ1v) is 8.14. The molecule has 0 fully saturated rings. The van der Waals surface area contributed by atoms with E-state index in [2.05, 4.69) is 30.7 Å². The number of esters is 1. The molecular formula is C18H17N5O6. The number of aliphatic carboxylic acids is 1. The SMILES string of the molecule is COC(=O)c1nccnc1N/C=C(\NC(=O)c1ccccc1)C(=O)NCC(=O)O. The zero-order chi connectivity index (χ0) is 21.2. The maximum Gasteiger partial charge on any atom is 0.360 e. The highest BCUT2D eigenvalue weighted by Gasteiger charge is 2.17. The molecule has 150 valence electrons. The van der Waals surface area contributed by atoms with E-state index in [1.165, 1.54) is 31.6 Å². The van der Waals surface area contributed by atoms with Gasteiger partial charge in [0, 0.05) is 24.2 Å². The first-order valence-electron chi connectivity index (χ1n) is 8.14. The number of benzene rings is 1. The highest BCUT2D eigenvalue weighted by molar-refractivity contribution is 6.03. The highest BCUT2D eigenvalue weighted by atomic mass is 16.5. The third-order valence-corrected chi connectivity index (χ3v) is 3.36. The number of methoxy groups -OCH3 is 1. The van der Waals surface area contributed by atoms with Crippen molar-refractivity contribution in [3.05, 3.63) is 65.9 Å². The molecule has 1 heterocycles. The molecule has 29 heavy (non-hydrogen) atoms. The normalized spacial score (nSPS) is 10.6. The second-order valence-electron chi connectivity index (χ2n) is 5.34. The molecule has 4 N–H and O–H groups in total. The van der Waals surface area contributed by atoms with Gasteiger partial charge in [-0.05, 0) is 12.1 Å². The molecule has 1 aromatic carbocycles. The van der Waals surface area contributed by atoms with Crippen molar-refractivity contribution in [3.8, 4) is 0 Å². The second kappa shape index (κ2) is 10.2. The van der Waals surface area contributed by atoms with Crippen LogP contribution in [0, 0.1) is 0 Å². The van der Waals surface area contributed by atoms with E-state index in [0.29, 0.717) is 0 Å². The Morgan fingerprint density at radius 2 is 1.79 bits per heavy atom. The number of hydrogen-bond acceptors (Lipinski definition) is 8. The standard InChI is InChI=1S/C18H17N5O6/c1-29-18(28)14-15(20-8-7-19-14)21-9-12(17(27)22-10-13(24)25)23-16(26)11-5-3-2-4-6-11/h2-9H,10H2,1H3,(H,20,21)(H,22,27)(H,23,26)(H,24,25)/b12-9-. The lowest BCUT2D eigenvalue weighted by Crippen LogP contribution is -2.37. The largest absolute Gasteiger partial charge is 0.480 e. The fourth-order valence-electron chi connectivity index (χ4n) is 2.02. The van der Waals surface area contributed by atoms with Gasteiger partial charge in [0.2, 0.25) is 0 Å². The molecule has 1 aromatic heterocycles. The number of carbonyl (C=O) groups excluding carboxylic acids is 3. The average Bonchev–Trinajstić information content (AvgIpc) is 2.75. The van der Waals surface area contributed by atoms with E-state index in [9.17, 15) is 19.2 Å². The molecule has 2 aromatic rings. The summed E-state index contributed by atoms with van der Waals surface area (Å²) in [5.74, 6) is -3.53. The third kappa shape index (κ3) is 6.13. The number of nitrogens with one attached hydrogen (secondary N) is 3. The quantitative estimate of drug-likeness (QED) is 0.358. The predicted octanol–water partition coefficient (Wildman–Crippen LogP) is 0.147. The van der Waals surface area contributed by atoms with Crippen molar-refractivity contribution in [2.75, 3.05) is 19.0 Å². The monoisotopic (exact) mass is 399 g/mol. The first kappa shape index (κ1) is 21.0. The Morgan fingerprint density at radius 1 is 1.10 bits per heavy atom. The molecule has 0 bridgehead atoms. The molecule has 11 heteroatoms. The van der Waals surface area contributed by atoms with Gasteiger partial charge in [0.25, 0.3) is 11.8 Å². The van der Waals surface area contributed by atoms with Crippen molar-refractivity contribution in [1.29, 1.82) is 0 Å². The number of amides is 2. The van der Waals surface area contributed by atoms with Crippen LogP contribution in [0.25, 0.3) is 0 Å². The Bertz CT molecular complexity index is 945. The second-order valence-corrected chi connectivity index (χ2v) is 5.34. The number of ether oxygens (including phenoxy) is 1. The van der Waals surface area contributed by atoms with Gasteiger partial charge in [-0.1, -0.05) is 18.2 Å². The molecule has 0 aliphatic carbocycles. The number of aromatic nitrogens is 2. The van der Waals surface area contributed by atoms with Crippen LogP contribution in [0.3, 0.4) is 0 Å². The van der Waals surface area contributed by atoms with E-state index in [0.717, 1.165) is 6.20 Å². The van der Waals surface area contributed by atoms with Crippen molar-refractivity contribution in [1.82, 2.24) is 20.6 Å². The summed E-state index contributed by atoms with van der Waals surface area (Å²) in [6, 6.07) is 8.07. The van der Waals surface area contributed by atoms with Crippen molar-refractivity contribution in [2.45, 2.75) is 0 Å². The van der Waals surface area contributed by atoms with Gasteiger partial charge in [-0.25, -0.2) is 14.8 Å². The fraction of sp³-hybridized carbons (Fsp3) is 0.111. The lowest BCUT2D eigenvalue weighted by atomic mass is 10.2. The van der Waals surface area contributed by atoms with Crippen LogP contribution in [-0.2, 0) is 14.3 Å². The zero-order valence-electron chi connectivity index (χ0n) is 15.2. The smallest absolute Gasteiger partial charge is 0.360 e. The van der Waals surface area contributed by atoms with E-state index in [1.54, 1.807) is 18.2 Å². The van der Waals surface area contributed by atoms with Crippen molar-refractivity contribution in [2.24, 2.45) is 0 Å². The number of carbonyl (C=O) groups is 4. The summed E-state index contributed by atoms with van der Waals surface area (Å²) in [4.78, 5) is 54.9. The highest BCUT2D eigenvalue weighted by Crippen LogP contribution is 2.10. The van der Waals surface area contributed by atoms with Gasteiger partial charge >= 0.3 is 11.9 Å². The Labute approximate surface area is 164 Å². The number of carboxylic acid groups (broad SMARTS) is 1. The summed E-state index contributed by atoms with van der Waals surface area (Å²) < 4.78 is 4.60. The van der Waals surface area contributed by atoms with E-state index in [4.69, 9.17) is 5.11 Å². The Kier molecular flexibility index (Phi) is 7.36. The Morgan fingerprint density at radius 3 is 2.45 bits per heavy atom. The summed E-state index contributed by atoms with van der Waals surface area (Å²) >= 11 is 0. The molecule has 0 atom stereocenters. The number of anilines is 1. The summed E-state index contributed by atoms with van der Waals surface area (Å²) in [5.41, 5.74) is -0.174. The molecular weight excluding hydrogens is 382 g/mol. The first-order chi connectivity index (χ1) is 13.9. The fourth-order valence-corrected chi connectivity index (χ4v) is 2.02. The van der Waals surface area contributed by atoms with Gasteiger partial charge in [0.05, 0.1) is 7.11 Å². The molecule has 0 aliphatic rings. The van der Waals surface area contributed by atoms with Gasteiger partial charge in [-0.2, -0.15) is 0 Å². The topological polar surface area (TPSA) is 160 Å². The number of nitrogens with zero attached hydrogens (tertiary/aromatic N) is 2. The minimum Gasteiger partial charge on any atom is -0.480 e. The summed E-state index contributed by atoms with van der Waals surface area (Å²) in [5, 5.41) is 15.8. The molecule has 0 unspecified atom stereocenters. The van der Waals surface area contributed by atoms with Crippen LogP contribution in [0.4, 0.5) is 5.82 Å². The Hall–Kier alpha value is -4.28. The summed E-state index contributed by atoms with van der Waals surface area (Å²) in [7, 11) is 1.17. The van der Waals surface area contributed by atoms with E-state index < -0.39 is 30.3 Å². The van der Waals surface area contributed by atoms with Gasteiger partial charge in [-0.3, -0.25) is 14.4 Å². The van der Waals surface area contributed by atoms with Crippen LogP contribution in [0.5, 0.6) is 0 Å². The van der Waals surface area contributed by atoms with Crippen LogP contribution in [0.15, 0.2) is 54.6 Å². The maximum atomic E-state index is 12.4. The molecule has 0 saturated heterocycles. The molecule has 0 spiro atoms. The predicted molar refractivity (Wildman–Crippen MR) is 99.6 cm³/mol. The molecule has 2 amide bonds. The molecule has 0 aliphatic heterocycles. The van der Waals surface area contributed by atoms with Crippen LogP contribution < -0.4 is 16.0 Å². The average molecular weight is 399 g/mol. The number of carboxylic acids is 1. The van der Waals surface area contributed by atoms with Crippen LogP contribution in [0.1, 0.15) is 20.8 Å². The van der Waals surface area contributed by atoms with Crippen molar-refractivity contribution >= 4 is 29.6 Å². The van der Waals surface area contributed by atoms with E-state index >= 15 is 0 Å². The van der Waals surface area contributed by atoms with Gasteiger partial charge in [0.1, 0.15) is 12.2 Å². The van der Waals surface area contributed by atoms with E-state index in [1.807, 2.05) is 0 Å². The van der Waals surface area contributed by atoms with Gasteiger partial charge in [0.15, 0.2) is 11.5 Å². The summed E-state index contributed by atoms with van der Waals surface area (Å²) in [6.07, 6.45) is 3.64. The van der Waals surface area contributed by atoms with Crippen LogP contribution >= 0.6 is 0 Å². The molecule has 0 radical (unpaired) electrons. The summed E-state index contributed by atoms with van der Waals surface area (Å²) in [6.45, 7) is -0.657. The van der Waals surface area contributed by atoms with Crippen molar-refractivity contribution < 1.29 is 29.0 Å². The van der Waals surface area contributed by atoms with Crippen molar-refractivity contribution in [3.63, 3.8) is 0 Å². The molecule has 11 nitrogen and oxygen atoms in total. The van der Waals surface area contributed by atoms with Crippen LogP contribution in [0.2, 0.25) is 0 Å². The van der Waals surface area contributed by atoms with Gasteiger partial charge < -0.3 is 25.8 Å². The molecule has 2 rings (SSSR count). The minimum absolute atomic E-state index is 0.0307. The minimum atomic E-state index is -1.26. The lowest BCUT2D eigenvalue weighted by molar-refractivity contribution is -0.137. The lowest BCUT2D eigenvalue weighted by Gasteiger charge is -2.11. The maximum absolute atomic E-state index is 12.4. The molecule has 0 saturated carbocycles. The number of hydrogen-bond donors (Lipinski definition) is 4. The zero-order valence-corrected chi connectivity index (χ0v) is 15.2.